The number of carbonyl (C=O) groups is 4. The second kappa shape index (κ2) is 16.5. The van der Waals surface area contributed by atoms with Crippen molar-refractivity contribution in [3.63, 3.8) is 0 Å². The number of carbonyl (C=O) groups excluding carboxylic acids is 3. The molecule has 300 valence electrons. The molecule has 0 radical (unpaired) electrons. The zero-order valence-electron chi connectivity index (χ0n) is 32.7. The van der Waals surface area contributed by atoms with Crippen molar-refractivity contribution >= 4 is 57.4 Å². The van der Waals surface area contributed by atoms with Crippen molar-refractivity contribution in [1.29, 1.82) is 0 Å². The van der Waals surface area contributed by atoms with Gasteiger partial charge in [0.05, 0.1) is 24.2 Å². The zero-order chi connectivity index (χ0) is 40.5. The number of benzene rings is 3. The lowest BCUT2D eigenvalue weighted by Crippen LogP contribution is -2.52. The summed E-state index contributed by atoms with van der Waals surface area (Å²) in [5.74, 6) is 0.516. The Kier molecular flexibility index (Phi) is 11.4. The molecule has 1 saturated carbocycles. The first-order valence-electron chi connectivity index (χ1n) is 19.6. The van der Waals surface area contributed by atoms with Crippen LogP contribution >= 0.6 is 11.6 Å². The maximum atomic E-state index is 13.7. The molecule has 5 atom stereocenters. The minimum atomic E-state index is -1.23. The van der Waals surface area contributed by atoms with Gasteiger partial charge in [-0.2, -0.15) is 0 Å². The molecule has 15 heteroatoms. The van der Waals surface area contributed by atoms with Crippen LogP contribution in [-0.4, -0.2) is 85.7 Å². The molecule has 1 aliphatic heterocycles. The second-order valence-electron chi connectivity index (χ2n) is 15.8. The van der Waals surface area contributed by atoms with Crippen LogP contribution in [0.2, 0.25) is 5.15 Å². The monoisotopic (exact) mass is 796 g/mol. The van der Waals surface area contributed by atoms with E-state index in [1.165, 1.54) is 7.11 Å². The van der Waals surface area contributed by atoms with Gasteiger partial charge in [0.2, 0.25) is 11.8 Å². The van der Waals surface area contributed by atoms with Gasteiger partial charge in [-0.15, -0.1) is 0 Å². The molecule has 0 bridgehead atoms. The number of rotatable bonds is 11. The third-order valence-electron chi connectivity index (χ3n) is 11.3. The van der Waals surface area contributed by atoms with Gasteiger partial charge in [-0.25, -0.2) is 19.6 Å². The number of imidazole rings is 2. The van der Waals surface area contributed by atoms with Crippen LogP contribution in [0.15, 0.2) is 54.6 Å². The number of methoxy groups -OCH3 is 1. The Balaban J connectivity index is 1.07. The second-order valence-corrected chi connectivity index (χ2v) is 16.1. The maximum Gasteiger partial charge on any atom is 0.407 e. The molecule has 3 aromatic carbocycles. The van der Waals surface area contributed by atoms with E-state index in [2.05, 4.69) is 50.2 Å². The topological polar surface area (TPSA) is 194 Å². The van der Waals surface area contributed by atoms with Gasteiger partial charge in [0.25, 0.3) is 0 Å². The number of amides is 4. The standard InChI is InChI=1S/C42H49ClN8O6/c1-21(2)32(48-41(54)55)39(52)45-29-9-6-8-28(29)37-46-34(36(43)50-37)24-13-11-23(12-14-24)25-15-17-27-26(20-25)16-18-30-35(27)47-38(44-30)31-10-7-19-51(31)40(53)33(22(3)4)49-42(56)57-5/h11-18,20-22,28-29,31-33,48H,6-10,19H2,1-5H3,(H,44,47)(H,45,52)(H,46,50)(H,49,56)(H,54,55)/t28-,29+,31+,32+,33+/m1/s1. The molecule has 1 aliphatic carbocycles. The molecule has 2 fully saturated rings. The first kappa shape index (κ1) is 39.6. The highest BCUT2D eigenvalue weighted by atomic mass is 35.5. The van der Waals surface area contributed by atoms with Crippen LogP contribution in [0, 0.1) is 11.8 Å². The fourth-order valence-electron chi connectivity index (χ4n) is 8.31. The highest BCUT2D eigenvalue weighted by Gasteiger charge is 2.38. The molecule has 0 unspecified atom stereocenters. The molecule has 5 aromatic rings. The number of halogens is 1. The Morgan fingerprint density at radius 2 is 1.56 bits per heavy atom. The lowest BCUT2D eigenvalue weighted by Gasteiger charge is -2.29. The van der Waals surface area contributed by atoms with Gasteiger partial charge in [-0.3, -0.25) is 9.59 Å². The van der Waals surface area contributed by atoms with Crippen molar-refractivity contribution in [2.45, 2.75) is 89.9 Å². The molecular formula is C42H49ClN8O6. The summed E-state index contributed by atoms with van der Waals surface area (Å²) in [6, 6.07) is 16.5. The lowest BCUT2D eigenvalue weighted by atomic mass is 9.99. The Morgan fingerprint density at radius 3 is 2.26 bits per heavy atom. The van der Waals surface area contributed by atoms with E-state index in [0.717, 1.165) is 76.4 Å². The minimum Gasteiger partial charge on any atom is -0.465 e. The molecular weight excluding hydrogens is 748 g/mol. The SMILES string of the molecule is COC(=O)N[C@H](C(=O)N1CCC[C@H]1c1nc2c(ccc3cc(-c4ccc(-c5nc([C@@H]6CCC[C@@H]6NC(=O)[C@@H](NC(=O)O)C(C)C)[nH]c5Cl)cc4)ccc32)[nH]1)C(C)C. The summed E-state index contributed by atoms with van der Waals surface area (Å²) in [6.07, 6.45) is 2.20. The van der Waals surface area contributed by atoms with Crippen LogP contribution in [0.25, 0.3) is 44.2 Å². The number of aromatic nitrogens is 4. The van der Waals surface area contributed by atoms with Crippen molar-refractivity contribution in [3.8, 4) is 22.4 Å². The summed E-state index contributed by atoms with van der Waals surface area (Å²) in [7, 11) is 1.29. The first-order chi connectivity index (χ1) is 27.3. The summed E-state index contributed by atoms with van der Waals surface area (Å²) in [4.78, 5) is 68.5. The molecule has 7 rings (SSSR count). The van der Waals surface area contributed by atoms with E-state index in [1.54, 1.807) is 13.8 Å². The smallest absolute Gasteiger partial charge is 0.407 e. The molecule has 2 aromatic heterocycles. The van der Waals surface area contributed by atoms with E-state index in [4.69, 9.17) is 26.3 Å². The number of nitrogens with one attached hydrogen (secondary N) is 5. The van der Waals surface area contributed by atoms with Gasteiger partial charge < -0.3 is 40.7 Å². The largest absolute Gasteiger partial charge is 0.465 e. The van der Waals surface area contributed by atoms with Crippen LogP contribution in [0.3, 0.4) is 0 Å². The summed E-state index contributed by atoms with van der Waals surface area (Å²) >= 11 is 6.72. The maximum absolute atomic E-state index is 13.7. The molecule has 6 N–H and O–H groups in total. The van der Waals surface area contributed by atoms with Crippen molar-refractivity contribution < 1.29 is 29.0 Å². The van der Waals surface area contributed by atoms with Gasteiger partial charge in [-0.05, 0) is 66.2 Å². The Hall–Kier alpha value is -5.63. The summed E-state index contributed by atoms with van der Waals surface area (Å²) in [5, 5.41) is 19.8. The summed E-state index contributed by atoms with van der Waals surface area (Å²) in [6.45, 7) is 7.99. The predicted molar refractivity (Wildman–Crippen MR) is 218 cm³/mol. The van der Waals surface area contributed by atoms with E-state index >= 15 is 0 Å². The van der Waals surface area contributed by atoms with Crippen LogP contribution < -0.4 is 16.0 Å². The van der Waals surface area contributed by atoms with Gasteiger partial charge in [-0.1, -0.05) is 88.2 Å². The number of aromatic amines is 2. The fraction of sp³-hybridized carbons (Fsp3) is 0.429. The van der Waals surface area contributed by atoms with Crippen molar-refractivity contribution in [2.75, 3.05) is 13.7 Å². The van der Waals surface area contributed by atoms with Crippen molar-refractivity contribution in [1.82, 2.24) is 40.8 Å². The van der Waals surface area contributed by atoms with E-state index in [-0.39, 0.29) is 41.7 Å². The average Bonchev–Trinajstić information content (AvgIpc) is 4.01. The van der Waals surface area contributed by atoms with Crippen molar-refractivity contribution in [3.05, 3.63) is 71.4 Å². The van der Waals surface area contributed by atoms with Crippen LogP contribution in [0.4, 0.5) is 9.59 Å². The zero-order valence-corrected chi connectivity index (χ0v) is 33.4. The van der Waals surface area contributed by atoms with Gasteiger partial charge >= 0.3 is 12.2 Å². The summed E-state index contributed by atoms with van der Waals surface area (Å²) in [5.41, 5.74) is 5.25. The molecule has 1 saturated heterocycles. The van der Waals surface area contributed by atoms with Crippen LogP contribution in [-0.2, 0) is 14.3 Å². The highest BCUT2D eigenvalue weighted by molar-refractivity contribution is 6.32. The van der Waals surface area contributed by atoms with Gasteiger partial charge in [0.15, 0.2) is 0 Å². The highest BCUT2D eigenvalue weighted by Crippen LogP contribution is 2.38. The normalized spacial score (nSPS) is 19.3. The molecule has 0 spiro atoms. The van der Waals surface area contributed by atoms with Gasteiger partial charge in [0.1, 0.15) is 34.6 Å². The van der Waals surface area contributed by atoms with E-state index in [1.807, 2.05) is 49.1 Å². The van der Waals surface area contributed by atoms with Crippen molar-refractivity contribution in [2.24, 2.45) is 11.8 Å². The van der Waals surface area contributed by atoms with Crippen LogP contribution in [0.1, 0.15) is 83.4 Å². The van der Waals surface area contributed by atoms with Crippen LogP contribution in [0.5, 0.6) is 0 Å². The fourth-order valence-corrected chi connectivity index (χ4v) is 8.56. The third kappa shape index (κ3) is 8.13. The Morgan fingerprint density at radius 1 is 0.842 bits per heavy atom. The number of likely N-dealkylation sites (tertiary alicyclic amines) is 1. The van der Waals surface area contributed by atoms with E-state index in [0.29, 0.717) is 23.2 Å². The average molecular weight is 797 g/mol. The quantitative estimate of drug-likeness (QED) is 0.0790. The number of carboxylic acid groups (broad SMARTS) is 1. The van der Waals surface area contributed by atoms with Gasteiger partial charge in [0, 0.05) is 29.5 Å². The number of hydrogen-bond acceptors (Lipinski definition) is 7. The lowest BCUT2D eigenvalue weighted by molar-refractivity contribution is -0.135. The minimum absolute atomic E-state index is 0.0843. The van der Waals surface area contributed by atoms with E-state index < -0.39 is 24.3 Å². The Bertz CT molecular complexity index is 2300. The number of hydrogen-bond donors (Lipinski definition) is 6. The molecule has 4 amide bonds. The molecule has 57 heavy (non-hydrogen) atoms. The predicted octanol–water partition coefficient (Wildman–Crippen LogP) is 7.52. The number of alkyl carbamates (subject to hydrolysis) is 1. The first-order valence-corrected chi connectivity index (χ1v) is 19.9. The molecule has 3 heterocycles. The number of H-pyrrole nitrogens is 2. The molecule has 2 aliphatic rings. The Labute approximate surface area is 335 Å². The number of fused-ring (bicyclic) bond motifs is 3. The molecule has 14 nitrogen and oxygen atoms in total. The summed E-state index contributed by atoms with van der Waals surface area (Å²) < 4.78 is 4.78. The number of ether oxygens (including phenoxy) is 1. The third-order valence-corrected chi connectivity index (χ3v) is 11.6. The van der Waals surface area contributed by atoms with E-state index in [9.17, 15) is 24.3 Å². The number of nitrogens with zero attached hydrogens (tertiary/aromatic N) is 3.